The zero-order valence-corrected chi connectivity index (χ0v) is 14.2. The first-order valence-corrected chi connectivity index (χ1v) is 8.31. The second kappa shape index (κ2) is 7.05. The van der Waals surface area contributed by atoms with E-state index in [4.69, 9.17) is 11.6 Å². The highest BCUT2D eigenvalue weighted by molar-refractivity contribution is 6.31. The van der Waals surface area contributed by atoms with Crippen molar-refractivity contribution >= 4 is 29.1 Å². The van der Waals surface area contributed by atoms with Crippen molar-refractivity contribution in [1.29, 1.82) is 0 Å². The first kappa shape index (κ1) is 16.5. The van der Waals surface area contributed by atoms with Crippen LogP contribution < -0.4 is 10.2 Å². The molecule has 1 fully saturated rings. The summed E-state index contributed by atoms with van der Waals surface area (Å²) in [4.78, 5) is 26.4. The van der Waals surface area contributed by atoms with Crippen LogP contribution in [0.15, 0.2) is 48.5 Å². The number of carbonyl (C=O) groups is 2. The molecule has 2 amide bonds. The van der Waals surface area contributed by atoms with Crippen molar-refractivity contribution in [2.24, 2.45) is 5.92 Å². The van der Waals surface area contributed by atoms with E-state index in [1.165, 1.54) is 0 Å². The summed E-state index contributed by atoms with van der Waals surface area (Å²) in [7, 11) is 0. The molecule has 0 aliphatic carbocycles. The summed E-state index contributed by atoms with van der Waals surface area (Å²) >= 11 is 6.14. The van der Waals surface area contributed by atoms with Crippen LogP contribution in [0.4, 0.5) is 5.69 Å². The number of anilines is 1. The van der Waals surface area contributed by atoms with Crippen LogP contribution in [0.3, 0.4) is 0 Å². The Hall–Kier alpha value is -2.33. The van der Waals surface area contributed by atoms with Crippen LogP contribution >= 0.6 is 11.6 Å². The molecule has 5 heteroatoms. The van der Waals surface area contributed by atoms with Crippen molar-refractivity contribution in [2.75, 3.05) is 11.4 Å². The maximum absolute atomic E-state index is 12.4. The Morgan fingerprint density at radius 3 is 2.71 bits per heavy atom. The number of hydrogen-bond donors (Lipinski definition) is 1. The molecule has 2 aromatic rings. The van der Waals surface area contributed by atoms with Crippen LogP contribution in [0.5, 0.6) is 0 Å². The highest BCUT2D eigenvalue weighted by Crippen LogP contribution is 2.31. The lowest BCUT2D eigenvalue weighted by atomic mass is 10.1. The van der Waals surface area contributed by atoms with Crippen molar-refractivity contribution in [3.05, 3.63) is 64.7 Å². The molecule has 0 saturated carbocycles. The zero-order valence-electron chi connectivity index (χ0n) is 13.5. The third kappa shape index (κ3) is 3.44. The Kier molecular flexibility index (Phi) is 4.86. The lowest BCUT2D eigenvalue weighted by molar-refractivity contribution is -0.126. The average molecular weight is 343 g/mol. The number of carbonyl (C=O) groups excluding carboxylic acids is 2. The largest absolute Gasteiger partial charge is 0.352 e. The zero-order chi connectivity index (χ0) is 17.1. The van der Waals surface area contributed by atoms with Gasteiger partial charge in [-0.2, -0.15) is 0 Å². The van der Waals surface area contributed by atoms with E-state index in [-0.39, 0.29) is 24.2 Å². The molecule has 0 aromatic heterocycles. The van der Waals surface area contributed by atoms with Gasteiger partial charge in [-0.05, 0) is 30.2 Å². The quantitative estimate of drug-likeness (QED) is 0.926. The topological polar surface area (TPSA) is 49.4 Å². The van der Waals surface area contributed by atoms with Gasteiger partial charge in [0.15, 0.2) is 0 Å². The number of amides is 2. The summed E-state index contributed by atoms with van der Waals surface area (Å²) in [6.07, 6.45) is 0.229. The summed E-state index contributed by atoms with van der Waals surface area (Å²) in [5.74, 6) is -0.464. The lowest BCUT2D eigenvalue weighted by Crippen LogP contribution is -2.32. The summed E-state index contributed by atoms with van der Waals surface area (Å²) in [5.41, 5.74) is 2.68. The normalized spacial score (nSPS) is 17.2. The van der Waals surface area contributed by atoms with Gasteiger partial charge in [-0.25, -0.2) is 0 Å². The van der Waals surface area contributed by atoms with Crippen LogP contribution in [-0.4, -0.2) is 18.4 Å². The minimum Gasteiger partial charge on any atom is -0.352 e. The number of benzene rings is 2. The average Bonchev–Trinajstić information content (AvgIpc) is 2.98. The maximum Gasteiger partial charge on any atom is 0.227 e. The van der Waals surface area contributed by atoms with Gasteiger partial charge >= 0.3 is 0 Å². The SMILES string of the molecule is Cc1c(Cl)cccc1N1C[C@@H](C(=O)NCc2ccccc2)CC1=O. The standard InChI is InChI=1S/C19H19ClN2O2/c1-13-16(20)8-5-9-17(13)22-12-15(10-18(22)23)19(24)21-11-14-6-3-2-4-7-14/h2-9,15H,10-12H2,1H3,(H,21,24)/t15-/m0/s1. The minimum absolute atomic E-state index is 0.0415. The number of nitrogens with one attached hydrogen (secondary N) is 1. The molecule has 1 heterocycles. The van der Waals surface area contributed by atoms with Crippen LogP contribution in [0.25, 0.3) is 0 Å². The smallest absolute Gasteiger partial charge is 0.227 e. The van der Waals surface area contributed by atoms with E-state index in [0.29, 0.717) is 18.1 Å². The molecule has 0 spiro atoms. The van der Waals surface area contributed by atoms with E-state index >= 15 is 0 Å². The molecule has 1 N–H and O–H groups in total. The van der Waals surface area contributed by atoms with Gasteiger partial charge < -0.3 is 10.2 Å². The van der Waals surface area contributed by atoms with Gasteiger partial charge in [-0.15, -0.1) is 0 Å². The molecule has 0 bridgehead atoms. The summed E-state index contributed by atoms with van der Waals surface area (Å²) in [5, 5.41) is 3.54. The predicted molar refractivity (Wildman–Crippen MR) is 94.9 cm³/mol. The number of rotatable bonds is 4. The summed E-state index contributed by atoms with van der Waals surface area (Å²) < 4.78 is 0. The summed E-state index contributed by atoms with van der Waals surface area (Å²) in [6.45, 7) is 2.74. The van der Waals surface area contributed by atoms with E-state index in [0.717, 1.165) is 16.8 Å². The van der Waals surface area contributed by atoms with Crippen LogP contribution in [0.2, 0.25) is 5.02 Å². The van der Waals surface area contributed by atoms with E-state index in [2.05, 4.69) is 5.32 Å². The molecule has 4 nitrogen and oxygen atoms in total. The Morgan fingerprint density at radius 2 is 1.96 bits per heavy atom. The van der Waals surface area contributed by atoms with Crippen LogP contribution in [0, 0.1) is 12.8 Å². The van der Waals surface area contributed by atoms with E-state index in [9.17, 15) is 9.59 Å². The Labute approximate surface area is 146 Å². The van der Waals surface area contributed by atoms with Gasteiger partial charge in [-0.3, -0.25) is 9.59 Å². The molecular weight excluding hydrogens is 324 g/mol. The number of hydrogen-bond acceptors (Lipinski definition) is 2. The van der Waals surface area contributed by atoms with E-state index in [1.807, 2.05) is 49.4 Å². The fourth-order valence-corrected chi connectivity index (χ4v) is 3.10. The molecule has 1 atom stereocenters. The number of nitrogens with zero attached hydrogens (tertiary/aromatic N) is 1. The van der Waals surface area contributed by atoms with Gasteiger partial charge in [0, 0.05) is 30.2 Å². The maximum atomic E-state index is 12.4. The van der Waals surface area contributed by atoms with Gasteiger partial charge in [0.1, 0.15) is 0 Å². The van der Waals surface area contributed by atoms with Crippen molar-refractivity contribution in [2.45, 2.75) is 19.9 Å². The summed E-state index contributed by atoms with van der Waals surface area (Å²) in [6, 6.07) is 15.2. The second-order valence-electron chi connectivity index (χ2n) is 5.99. The molecule has 1 aliphatic rings. The van der Waals surface area contributed by atoms with Crippen molar-refractivity contribution < 1.29 is 9.59 Å². The monoisotopic (exact) mass is 342 g/mol. The fraction of sp³-hybridized carbons (Fsp3) is 0.263. The predicted octanol–water partition coefficient (Wildman–Crippen LogP) is 3.32. The Bertz CT molecular complexity index is 761. The Morgan fingerprint density at radius 1 is 1.21 bits per heavy atom. The third-order valence-corrected chi connectivity index (χ3v) is 4.74. The highest BCUT2D eigenvalue weighted by atomic mass is 35.5. The Balaban J connectivity index is 1.66. The lowest BCUT2D eigenvalue weighted by Gasteiger charge is -2.19. The second-order valence-corrected chi connectivity index (χ2v) is 6.40. The molecule has 3 rings (SSSR count). The van der Waals surface area contributed by atoms with Crippen molar-refractivity contribution in [1.82, 2.24) is 5.32 Å². The third-order valence-electron chi connectivity index (χ3n) is 4.34. The van der Waals surface area contributed by atoms with Crippen LogP contribution in [-0.2, 0) is 16.1 Å². The first-order valence-electron chi connectivity index (χ1n) is 7.93. The van der Waals surface area contributed by atoms with Gasteiger partial charge in [0.25, 0.3) is 0 Å². The van der Waals surface area contributed by atoms with Crippen LogP contribution in [0.1, 0.15) is 17.5 Å². The molecule has 0 unspecified atom stereocenters. The van der Waals surface area contributed by atoms with Crippen molar-refractivity contribution in [3.8, 4) is 0 Å². The first-order chi connectivity index (χ1) is 11.6. The molecule has 1 saturated heterocycles. The molecule has 0 radical (unpaired) electrons. The van der Waals surface area contributed by atoms with Crippen molar-refractivity contribution in [3.63, 3.8) is 0 Å². The van der Waals surface area contributed by atoms with E-state index in [1.54, 1.807) is 11.0 Å². The van der Waals surface area contributed by atoms with Gasteiger partial charge in [0.2, 0.25) is 11.8 Å². The van der Waals surface area contributed by atoms with Gasteiger partial charge in [-0.1, -0.05) is 48.0 Å². The molecular formula is C19H19ClN2O2. The highest BCUT2D eigenvalue weighted by Gasteiger charge is 2.35. The van der Waals surface area contributed by atoms with E-state index < -0.39 is 0 Å². The molecule has 24 heavy (non-hydrogen) atoms. The number of halogens is 1. The molecule has 2 aromatic carbocycles. The molecule has 124 valence electrons. The molecule has 1 aliphatic heterocycles. The fourth-order valence-electron chi connectivity index (χ4n) is 2.93. The van der Waals surface area contributed by atoms with Gasteiger partial charge in [0.05, 0.1) is 5.92 Å². The minimum atomic E-state index is -0.334.